The van der Waals surface area contributed by atoms with E-state index in [-0.39, 0.29) is 10.6 Å². The molecule has 1 aromatic rings. The molecule has 20 heavy (non-hydrogen) atoms. The van der Waals surface area contributed by atoms with Crippen molar-refractivity contribution in [3.05, 3.63) is 49.0 Å². The molecule has 1 aromatic carbocycles. The molecule has 1 rings (SSSR count). The molecule has 0 heterocycles. The predicted molar refractivity (Wildman–Crippen MR) is 66.0 cm³/mol. The van der Waals surface area contributed by atoms with E-state index in [2.05, 4.69) is 4.84 Å². The zero-order valence-electron chi connectivity index (χ0n) is 10.1. The van der Waals surface area contributed by atoms with Gasteiger partial charge in [0.2, 0.25) is 0 Å². The molecule has 10 heteroatoms. The van der Waals surface area contributed by atoms with Crippen molar-refractivity contribution in [2.24, 2.45) is 0 Å². The summed E-state index contributed by atoms with van der Waals surface area (Å²) in [5.74, 6) is -1.42. The van der Waals surface area contributed by atoms with Crippen LogP contribution < -0.4 is 0 Å². The van der Waals surface area contributed by atoms with E-state index in [1.807, 2.05) is 0 Å². The Morgan fingerprint density at radius 3 is 2.50 bits per heavy atom. The van der Waals surface area contributed by atoms with E-state index in [1.165, 1.54) is 6.07 Å². The lowest BCUT2D eigenvalue weighted by molar-refractivity contribution is -0.759. The maximum absolute atomic E-state index is 11.3. The average molecular weight is 305 g/mol. The van der Waals surface area contributed by atoms with Gasteiger partial charge in [0.25, 0.3) is 10.8 Å². The van der Waals surface area contributed by atoms with Crippen molar-refractivity contribution in [1.82, 2.24) is 0 Å². The number of rotatable bonds is 6. The second-order valence-electron chi connectivity index (χ2n) is 4.06. The molecule has 0 saturated heterocycles. The van der Waals surface area contributed by atoms with Crippen molar-refractivity contribution in [1.29, 1.82) is 0 Å². The number of nitro benzene ring substituents is 1. The summed E-state index contributed by atoms with van der Waals surface area (Å²) in [5, 5.41) is 28.9. The fourth-order valence-electron chi connectivity index (χ4n) is 1.45. The fraction of sp³-hybridized carbons (Fsp3) is 0.300. The monoisotopic (exact) mass is 304 g/mol. The number of aliphatic carboxylic acids is 1. The predicted octanol–water partition coefficient (Wildman–Crippen LogP) is 1.80. The molecule has 1 unspecified atom stereocenters. The summed E-state index contributed by atoms with van der Waals surface area (Å²) in [4.78, 5) is 35.6. The largest absolute Gasteiger partial charge is 0.481 e. The smallest absolute Gasteiger partial charge is 0.315 e. The van der Waals surface area contributed by atoms with Gasteiger partial charge in [-0.1, -0.05) is 17.7 Å². The lowest BCUT2D eigenvalue weighted by Gasteiger charge is -2.23. The van der Waals surface area contributed by atoms with Gasteiger partial charge < -0.3 is 9.94 Å². The van der Waals surface area contributed by atoms with Crippen LogP contribution in [0.1, 0.15) is 12.5 Å². The zero-order chi connectivity index (χ0) is 15.5. The van der Waals surface area contributed by atoms with Crippen molar-refractivity contribution in [3.8, 4) is 0 Å². The zero-order valence-corrected chi connectivity index (χ0v) is 10.9. The lowest BCUT2D eigenvalue weighted by atomic mass is 9.83. The number of carboxylic acid groups (broad SMARTS) is 1. The molecular formula is C10H9ClN2O7. The first-order valence-corrected chi connectivity index (χ1v) is 5.51. The van der Waals surface area contributed by atoms with Crippen LogP contribution >= 0.6 is 11.6 Å². The first kappa shape index (κ1) is 15.6. The van der Waals surface area contributed by atoms with Gasteiger partial charge in [-0.15, -0.1) is 10.1 Å². The second-order valence-corrected chi connectivity index (χ2v) is 4.46. The van der Waals surface area contributed by atoms with Gasteiger partial charge in [0, 0.05) is 6.07 Å². The van der Waals surface area contributed by atoms with Gasteiger partial charge in [-0.3, -0.25) is 14.9 Å². The number of carboxylic acids is 1. The van der Waals surface area contributed by atoms with Crippen molar-refractivity contribution < 1.29 is 24.7 Å². The van der Waals surface area contributed by atoms with Gasteiger partial charge in [0.15, 0.2) is 0 Å². The molecule has 0 spiro atoms. The molecule has 0 fully saturated rings. The minimum atomic E-state index is -1.82. The van der Waals surface area contributed by atoms with E-state index in [1.54, 1.807) is 0 Å². The highest BCUT2D eigenvalue weighted by Gasteiger charge is 2.38. The Labute approximate surface area is 117 Å². The topological polar surface area (TPSA) is 133 Å². The third-order valence-electron chi connectivity index (χ3n) is 2.71. The van der Waals surface area contributed by atoms with E-state index in [0.29, 0.717) is 0 Å². The maximum Gasteiger partial charge on any atom is 0.315 e. The first-order valence-electron chi connectivity index (χ1n) is 5.13. The van der Waals surface area contributed by atoms with E-state index in [9.17, 15) is 30.1 Å². The van der Waals surface area contributed by atoms with Crippen LogP contribution in [0.15, 0.2) is 18.2 Å². The molecular weight excluding hydrogens is 296 g/mol. The molecule has 9 nitrogen and oxygen atoms in total. The van der Waals surface area contributed by atoms with Crippen LogP contribution in [-0.4, -0.2) is 27.7 Å². The Bertz CT molecular complexity index is 577. The molecule has 0 radical (unpaired) electrons. The van der Waals surface area contributed by atoms with Gasteiger partial charge >= 0.3 is 5.97 Å². The highest BCUT2D eigenvalue weighted by atomic mass is 35.5. The normalized spacial score (nSPS) is 13.3. The third-order valence-corrected chi connectivity index (χ3v) is 3.03. The van der Waals surface area contributed by atoms with Crippen LogP contribution in [-0.2, 0) is 15.0 Å². The molecule has 0 aliphatic carbocycles. The number of halogens is 1. The summed E-state index contributed by atoms with van der Waals surface area (Å²) in [5.41, 5.74) is -2.33. The molecule has 1 N–H and O–H groups in total. The molecule has 0 saturated carbocycles. The lowest BCUT2D eigenvalue weighted by Crippen LogP contribution is -2.38. The van der Waals surface area contributed by atoms with Gasteiger partial charge in [0.05, 0.1) is 4.92 Å². The SMILES string of the molecule is CC(CO[N+](=O)[O-])(C(=O)O)c1ccc(Cl)c([N+](=O)[O-])c1. The Balaban J connectivity index is 3.28. The number of carbonyl (C=O) groups is 1. The Kier molecular flexibility index (Phi) is 4.45. The van der Waals surface area contributed by atoms with Crippen LogP contribution in [0.4, 0.5) is 5.69 Å². The Morgan fingerprint density at radius 2 is 2.05 bits per heavy atom. The summed E-state index contributed by atoms with van der Waals surface area (Å²) in [6, 6.07) is 3.36. The van der Waals surface area contributed by atoms with Gasteiger partial charge in [-0.05, 0) is 18.6 Å². The number of nitro groups is 1. The molecule has 0 aromatic heterocycles. The van der Waals surface area contributed by atoms with E-state index >= 15 is 0 Å². The molecule has 108 valence electrons. The number of hydrogen-bond acceptors (Lipinski definition) is 6. The molecule has 0 aliphatic rings. The number of benzene rings is 1. The highest BCUT2D eigenvalue weighted by molar-refractivity contribution is 6.32. The van der Waals surface area contributed by atoms with Crippen LogP contribution in [0.25, 0.3) is 0 Å². The maximum atomic E-state index is 11.3. The molecule has 0 aliphatic heterocycles. The van der Waals surface area contributed by atoms with Crippen LogP contribution in [0.2, 0.25) is 5.02 Å². The summed E-state index contributed by atoms with van der Waals surface area (Å²) in [7, 11) is 0. The summed E-state index contributed by atoms with van der Waals surface area (Å²) in [6.45, 7) is 0.375. The first-order chi connectivity index (χ1) is 9.18. The molecule has 1 atom stereocenters. The second kappa shape index (κ2) is 5.70. The van der Waals surface area contributed by atoms with E-state index < -0.39 is 33.7 Å². The van der Waals surface area contributed by atoms with Crippen molar-refractivity contribution >= 4 is 23.3 Å². The van der Waals surface area contributed by atoms with Crippen LogP contribution in [0.5, 0.6) is 0 Å². The Hall–Kier alpha value is -2.42. The number of nitrogens with zero attached hydrogens (tertiary/aromatic N) is 2. The fourth-order valence-corrected chi connectivity index (χ4v) is 1.63. The summed E-state index contributed by atoms with van der Waals surface area (Å²) in [6.07, 6.45) is 0. The highest BCUT2D eigenvalue weighted by Crippen LogP contribution is 2.32. The minimum absolute atomic E-state index is 0.0250. The van der Waals surface area contributed by atoms with Crippen LogP contribution in [0.3, 0.4) is 0 Å². The van der Waals surface area contributed by atoms with E-state index in [4.69, 9.17) is 11.6 Å². The quantitative estimate of drug-likeness (QED) is 0.625. The molecule has 0 bridgehead atoms. The third kappa shape index (κ3) is 3.12. The summed E-state index contributed by atoms with van der Waals surface area (Å²) >= 11 is 5.62. The van der Waals surface area contributed by atoms with E-state index in [0.717, 1.165) is 19.1 Å². The van der Waals surface area contributed by atoms with Crippen molar-refractivity contribution in [2.45, 2.75) is 12.3 Å². The van der Waals surface area contributed by atoms with Crippen molar-refractivity contribution in [2.75, 3.05) is 6.61 Å². The Morgan fingerprint density at radius 1 is 1.45 bits per heavy atom. The van der Waals surface area contributed by atoms with Crippen molar-refractivity contribution in [3.63, 3.8) is 0 Å². The van der Waals surface area contributed by atoms with Gasteiger partial charge in [0.1, 0.15) is 17.0 Å². The number of hydrogen-bond donors (Lipinski definition) is 1. The summed E-state index contributed by atoms with van der Waals surface area (Å²) < 4.78 is 0. The average Bonchev–Trinajstić information content (AvgIpc) is 2.35. The minimum Gasteiger partial charge on any atom is -0.481 e. The van der Waals surface area contributed by atoms with Crippen LogP contribution in [0, 0.1) is 20.2 Å². The standard InChI is InChI=1S/C10H9ClN2O7/c1-10(9(14)15,5-20-13(18)19)6-2-3-7(11)8(4-6)12(16)17/h2-4H,5H2,1H3,(H,14,15). The molecule has 0 amide bonds. The van der Waals surface area contributed by atoms with Gasteiger partial charge in [-0.25, -0.2) is 0 Å². The van der Waals surface area contributed by atoms with Gasteiger partial charge in [-0.2, -0.15) is 0 Å².